The van der Waals surface area contributed by atoms with Gasteiger partial charge in [0.15, 0.2) is 0 Å². The van der Waals surface area contributed by atoms with Gasteiger partial charge in [0.1, 0.15) is 0 Å². The summed E-state index contributed by atoms with van der Waals surface area (Å²) in [6.45, 7) is 6.89. The summed E-state index contributed by atoms with van der Waals surface area (Å²) < 4.78 is 0. The Balaban J connectivity index is 1.29. The molecule has 6 heteroatoms. The summed E-state index contributed by atoms with van der Waals surface area (Å²) in [6, 6.07) is 3.66. The standard InChI is InChI=1S/C29H44N2O4/c1-17(6-9-26(35)31-19-5-4-12-30-16-19)21-7-8-22-27-23(15-25(34)29(21,22)3)28(2)11-10-20(32)13-18(28)14-24(27)33/h4-5,12,16-18,20-25,27,32-34H,6-11,13-15H2,1-3H3,(H,31,35)/t17-,18-,20-,21+,22-,23-,24-,25+,27+,28+,29-/m1/s1. The van der Waals surface area contributed by atoms with Crippen molar-refractivity contribution in [1.82, 2.24) is 4.98 Å². The molecule has 35 heavy (non-hydrogen) atoms. The van der Waals surface area contributed by atoms with E-state index in [-0.39, 0.29) is 41.0 Å². The number of carbonyl (C=O) groups excluding carboxylic acids is 1. The SMILES string of the molecule is C[C@H](CCC(=O)Nc1cccnc1)[C@@H]1CC[C@@H]2[C@@H]3[C@H](O)C[C@H]4C[C@H](O)CC[C@]4(C)[C@@H]3C[C@H](O)[C@@]21C. The lowest BCUT2D eigenvalue weighted by Crippen LogP contribution is -2.62. The van der Waals surface area contributed by atoms with E-state index in [2.05, 4.69) is 31.1 Å². The highest BCUT2D eigenvalue weighted by Gasteiger charge is 2.65. The molecule has 5 rings (SSSR count). The average molecular weight is 485 g/mol. The quantitative estimate of drug-likeness (QED) is 0.496. The van der Waals surface area contributed by atoms with Gasteiger partial charge in [-0.1, -0.05) is 20.8 Å². The highest BCUT2D eigenvalue weighted by Crippen LogP contribution is 2.68. The van der Waals surface area contributed by atoms with Crippen LogP contribution in [-0.4, -0.2) is 44.5 Å². The maximum absolute atomic E-state index is 12.5. The summed E-state index contributed by atoms with van der Waals surface area (Å²) in [7, 11) is 0. The zero-order valence-corrected chi connectivity index (χ0v) is 21.6. The van der Waals surface area contributed by atoms with Crippen LogP contribution in [0.25, 0.3) is 0 Å². The van der Waals surface area contributed by atoms with E-state index in [0.717, 1.165) is 57.1 Å². The predicted octanol–water partition coefficient (Wildman–Crippen LogP) is 4.40. The van der Waals surface area contributed by atoms with Crippen LogP contribution in [0.5, 0.6) is 0 Å². The molecule has 4 aliphatic rings. The molecule has 6 nitrogen and oxygen atoms in total. The van der Waals surface area contributed by atoms with Crippen LogP contribution in [0.2, 0.25) is 0 Å². The van der Waals surface area contributed by atoms with Crippen LogP contribution < -0.4 is 5.32 Å². The van der Waals surface area contributed by atoms with Gasteiger partial charge >= 0.3 is 0 Å². The van der Waals surface area contributed by atoms with Crippen LogP contribution >= 0.6 is 0 Å². The molecule has 1 aromatic heterocycles. The Morgan fingerprint density at radius 1 is 1.14 bits per heavy atom. The zero-order valence-electron chi connectivity index (χ0n) is 21.6. The Bertz CT molecular complexity index is 911. The number of aromatic nitrogens is 1. The van der Waals surface area contributed by atoms with E-state index in [1.165, 1.54) is 0 Å². The Morgan fingerprint density at radius 2 is 1.94 bits per heavy atom. The van der Waals surface area contributed by atoms with E-state index in [4.69, 9.17) is 0 Å². The summed E-state index contributed by atoms with van der Waals surface area (Å²) in [5, 5.41) is 36.3. The highest BCUT2D eigenvalue weighted by atomic mass is 16.3. The average Bonchev–Trinajstić information content (AvgIpc) is 3.18. The second-order valence-corrected chi connectivity index (χ2v) is 12.8. The molecule has 4 saturated carbocycles. The van der Waals surface area contributed by atoms with Gasteiger partial charge in [0.25, 0.3) is 0 Å². The van der Waals surface area contributed by atoms with E-state index in [1.54, 1.807) is 12.4 Å². The molecule has 1 amide bonds. The molecule has 0 bridgehead atoms. The van der Waals surface area contributed by atoms with Crippen molar-refractivity contribution in [2.24, 2.45) is 46.3 Å². The van der Waals surface area contributed by atoms with E-state index in [0.29, 0.717) is 36.0 Å². The number of nitrogens with one attached hydrogen (secondary N) is 1. The first kappa shape index (κ1) is 25.2. The molecular weight excluding hydrogens is 440 g/mol. The maximum Gasteiger partial charge on any atom is 0.224 e. The minimum atomic E-state index is -0.387. The van der Waals surface area contributed by atoms with Crippen molar-refractivity contribution in [3.05, 3.63) is 24.5 Å². The summed E-state index contributed by atoms with van der Waals surface area (Å²) >= 11 is 0. The molecule has 0 radical (unpaired) electrons. The van der Waals surface area contributed by atoms with Gasteiger partial charge in [0.05, 0.1) is 30.2 Å². The lowest BCUT2D eigenvalue weighted by atomic mass is 9.43. The fourth-order valence-electron chi connectivity index (χ4n) is 9.35. The third-order valence-electron chi connectivity index (χ3n) is 11.3. The van der Waals surface area contributed by atoms with E-state index in [9.17, 15) is 20.1 Å². The van der Waals surface area contributed by atoms with Crippen molar-refractivity contribution in [2.45, 2.75) is 96.9 Å². The van der Waals surface area contributed by atoms with Crippen LogP contribution in [0.3, 0.4) is 0 Å². The molecule has 1 heterocycles. The summed E-state index contributed by atoms with van der Waals surface area (Å²) in [5.41, 5.74) is 0.596. The Hall–Kier alpha value is -1.50. The normalized spacial score (nSPS) is 45.7. The predicted molar refractivity (Wildman–Crippen MR) is 135 cm³/mol. The minimum absolute atomic E-state index is 0.00922. The van der Waals surface area contributed by atoms with Crippen LogP contribution in [0.1, 0.15) is 78.6 Å². The van der Waals surface area contributed by atoms with Crippen molar-refractivity contribution in [2.75, 3.05) is 5.32 Å². The molecule has 11 atom stereocenters. The number of aliphatic hydroxyl groups is 3. The smallest absolute Gasteiger partial charge is 0.224 e. The number of rotatable bonds is 5. The molecule has 4 fully saturated rings. The molecule has 4 N–H and O–H groups in total. The molecule has 0 spiro atoms. The van der Waals surface area contributed by atoms with Crippen molar-refractivity contribution >= 4 is 11.6 Å². The Labute approximate surface area is 209 Å². The summed E-state index contributed by atoms with van der Waals surface area (Å²) in [4.78, 5) is 16.6. The second-order valence-electron chi connectivity index (χ2n) is 12.8. The van der Waals surface area contributed by atoms with Gasteiger partial charge in [-0.05, 0) is 110 Å². The Kier molecular flexibility index (Phi) is 6.77. The van der Waals surface area contributed by atoms with Crippen LogP contribution in [-0.2, 0) is 4.79 Å². The van der Waals surface area contributed by atoms with Gasteiger partial charge in [-0.3, -0.25) is 9.78 Å². The first-order chi connectivity index (χ1) is 16.6. The number of aliphatic hydroxyl groups excluding tert-OH is 3. The van der Waals surface area contributed by atoms with Gasteiger partial charge in [-0.2, -0.15) is 0 Å². The fourth-order valence-corrected chi connectivity index (χ4v) is 9.35. The van der Waals surface area contributed by atoms with E-state index >= 15 is 0 Å². The molecule has 194 valence electrons. The van der Waals surface area contributed by atoms with Gasteiger partial charge in [0.2, 0.25) is 5.91 Å². The molecule has 0 unspecified atom stereocenters. The lowest BCUT2D eigenvalue weighted by molar-refractivity contribution is -0.207. The number of nitrogens with zero attached hydrogens (tertiary/aromatic N) is 1. The number of hydrogen-bond acceptors (Lipinski definition) is 5. The number of carbonyl (C=O) groups is 1. The summed E-state index contributed by atoms with van der Waals surface area (Å²) in [5.74, 6) is 1.88. The largest absolute Gasteiger partial charge is 0.393 e. The van der Waals surface area contributed by atoms with Crippen molar-refractivity contribution in [3.63, 3.8) is 0 Å². The maximum atomic E-state index is 12.5. The first-order valence-electron chi connectivity index (χ1n) is 13.9. The van der Waals surface area contributed by atoms with Crippen LogP contribution in [0.4, 0.5) is 5.69 Å². The van der Waals surface area contributed by atoms with Crippen molar-refractivity contribution in [1.29, 1.82) is 0 Å². The molecule has 0 aromatic carbocycles. The Morgan fingerprint density at radius 3 is 2.69 bits per heavy atom. The summed E-state index contributed by atoms with van der Waals surface area (Å²) in [6.07, 6.45) is 9.88. The number of fused-ring (bicyclic) bond motifs is 5. The minimum Gasteiger partial charge on any atom is -0.393 e. The number of pyridine rings is 1. The monoisotopic (exact) mass is 484 g/mol. The van der Waals surface area contributed by atoms with E-state index < -0.39 is 0 Å². The first-order valence-corrected chi connectivity index (χ1v) is 13.9. The molecular formula is C29H44N2O4. The highest BCUT2D eigenvalue weighted by molar-refractivity contribution is 5.90. The lowest BCUT2D eigenvalue weighted by Gasteiger charge is -2.63. The fraction of sp³-hybridized carbons (Fsp3) is 0.793. The zero-order chi connectivity index (χ0) is 25.0. The third kappa shape index (κ3) is 4.23. The van der Waals surface area contributed by atoms with Crippen molar-refractivity contribution < 1.29 is 20.1 Å². The third-order valence-corrected chi connectivity index (χ3v) is 11.3. The van der Waals surface area contributed by atoms with Crippen LogP contribution in [0, 0.1) is 46.3 Å². The number of hydrogen-bond donors (Lipinski definition) is 4. The second kappa shape index (κ2) is 9.42. The van der Waals surface area contributed by atoms with Crippen LogP contribution in [0.15, 0.2) is 24.5 Å². The molecule has 0 aliphatic heterocycles. The number of amides is 1. The van der Waals surface area contributed by atoms with E-state index in [1.807, 2.05) is 12.1 Å². The van der Waals surface area contributed by atoms with Crippen molar-refractivity contribution in [3.8, 4) is 0 Å². The van der Waals surface area contributed by atoms with Gasteiger partial charge in [-0.15, -0.1) is 0 Å². The van der Waals surface area contributed by atoms with Gasteiger partial charge < -0.3 is 20.6 Å². The molecule has 4 aliphatic carbocycles. The topological polar surface area (TPSA) is 103 Å². The molecule has 0 saturated heterocycles. The molecule has 1 aromatic rings. The van der Waals surface area contributed by atoms with Gasteiger partial charge in [-0.25, -0.2) is 0 Å². The number of anilines is 1. The van der Waals surface area contributed by atoms with Gasteiger partial charge in [0, 0.05) is 12.6 Å².